The molecule has 0 amide bonds. The molecule has 0 aliphatic rings. The molecular formula is C11H14ClNO. The van der Waals surface area contributed by atoms with E-state index < -0.39 is 5.41 Å². The molecule has 14 heavy (non-hydrogen) atoms. The largest absolute Gasteiger partial charge is 0.329 e. The van der Waals surface area contributed by atoms with Gasteiger partial charge in [-0.3, -0.25) is 4.79 Å². The molecule has 1 aromatic rings. The first kappa shape index (κ1) is 11.2. The van der Waals surface area contributed by atoms with Gasteiger partial charge in [-0.2, -0.15) is 0 Å². The van der Waals surface area contributed by atoms with Crippen LogP contribution in [0.5, 0.6) is 0 Å². The summed E-state index contributed by atoms with van der Waals surface area (Å²) in [7, 11) is 0. The fraction of sp³-hybridized carbons (Fsp3) is 0.364. The highest BCUT2D eigenvalue weighted by molar-refractivity contribution is 6.30. The summed E-state index contributed by atoms with van der Waals surface area (Å²) in [6.45, 7) is 4.02. The van der Waals surface area contributed by atoms with E-state index in [-0.39, 0.29) is 5.78 Å². The summed E-state index contributed by atoms with van der Waals surface area (Å²) in [4.78, 5) is 11.9. The second-order valence-electron chi connectivity index (χ2n) is 3.92. The Kier molecular flexibility index (Phi) is 3.29. The van der Waals surface area contributed by atoms with Gasteiger partial charge in [-0.25, -0.2) is 0 Å². The Bertz CT molecular complexity index is 330. The van der Waals surface area contributed by atoms with Gasteiger partial charge in [0.25, 0.3) is 0 Å². The zero-order chi connectivity index (χ0) is 10.8. The van der Waals surface area contributed by atoms with Crippen molar-refractivity contribution in [1.29, 1.82) is 0 Å². The van der Waals surface area contributed by atoms with E-state index >= 15 is 0 Å². The van der Waals surface area contributed by atoms with Crippen molar-refractivity contribution in [3.8, 4) is 0 Å². The summed E-state index contributed by atoms with van der Waals surface area (Å²) in [6.07, 6.45) is 0. The van der Waals surface area contributed by atoms with Crippen LogP contribution in [0.3, 0.4) is 0 Å². The van der Waals surface area contributed by atoms with Crippen molar-refractivity contribution in [3.63, 3.8) is 0 Å². The number of carbonyl (C=O) groups is 1. The molecule has 0 aliphatic heterocycles. The van der Waals surface area contributed by atoms with Gasteiger partial charge in [0.1, 0.15) is 0 Å². The molecule has 0 fully saturated rings. The number of rotatable bonds is 3. The number of nitrogens with two attached hydrogens (primary N) is 1. The number of benzene rings is 1. The van der Waals surface area contributed by atoms with E-state index in [0.717, 1.165) is 0 Å². The highest BCUT2D eigenvalue weighted by Gasteiger charge is 2.26. The molecule has 1 aromatic carbocycles. The zero-order valence-corrected chi connectivity index (χ0v) is 9.14. The van der Waals surface area contributed by atoms with Crippen molar-refractivity contribution >= 4 is 17.4 Å². The maximum Gasteiger partial charge on any atom is 0.169 e. The Labute approximate surface area is 89.1 Å². The lowest BCUT2D eigenvalue weighted by atomic mass is 9.84. The smallest absolute Gasteiger partial charge is 0.169 e. The van der Waals surface area contributed by atoms with Crippen LogP contribution in [-0.2, 0) is 0 Å². The predicted molar refractivity (Wildman–Crippen MR) is 58.6 cm³/mol. The third-order valence-corrected chi connectivity index (χ3v) is 2.48. The topological polar surface area (TPSA) is 43.1 Å². The minimum Gasteiger partial charge on any atom is -0.329 e. The second kappa shape index (κ2) is 4.11. The Morgan fingerprint density at radius 1 is 1.36 bits per heavy atom. The van der Waals surface area contributed by atoms with Crippen molar-refractivity contribution in [2.24, 2.45) is 11.1 Å². The van der Waals surface area contributed by atoms with E-state index in [4.69, 9.17) is 17.3 Å². The van der Waals surface area contributed by atoms with Crippen molar-refractivity contribution < 1.29 is 4.79 Å². The lowest BCUT2D eigenvalue weighted by molar-refractivity contribution is 0.0847. The fourth-order valence-electron chi connectivity index (χ4n) is 1.08. The van der Waals surface area contributed by atoms with Crippen LogP contribution in [-0.4, -0.2) is 12.3 Å². The molecular weight excluding hydrogens is 198 g/mol. The number of halogens is 1. The molecule has 0 spiro atoms. The summed E-state index contributed by atoms with van der Waals surface area (Å²) in [5.74, 6) is 0.0525. The quantitative estimate of drug-likeness (QED) is 0.781. The number of hydrogen-bond donors (Lipinski definition) is 1. The van der Waals surface area contributed by atoms with Crippen LogP contribution < -0.4 is 5.73 Å². The van der Waals surface area contributed by atoms with Crippen LogP contribution in [0.15, 0.2) is 24.3 Å². The van der Waals surface area contributed by atoms with E-state index in [1.165, 1.54) is 0 Å². The average molecular weight is 212 g/mol. The molecule has 2 N–H and O–H groups in total. The molecule has 0 atom stereocenters. The lowest BCUT2D eigenvalue weighted by Crippen LogP contribution is -2.32. The van der Waals surface area contributed by atoms with E-state index in [9.17, 15) is 4.79 Å². The van der Waals surface area contributed by atoms with Gasteiger partial charge in [-0.15, -0.1) is 0 Å². The molecule has 0 bridgehead atoms. The van der Waals surface area contributed by atoms with Gasteiger partial charge in [-0.05, 0) is 24.3 Å². The predicted octanol–water partition coefficient (Wildman–Crippen LogP) is 2.51. The van der Waals surface area contributed by atoms with Gasteiger partial charge in [-0.1, -0.05) is 25.4 Å². The summed E-state index contributed by atoms with van der Waals surface area (Å²) >= 11 is 5.73. The molecule has 0 heterocycles. The van der Waals surface area contributed by atoms with Crippen LogP contribution >= 0.6 is 11.6 Å². The number of ketones is 1. The summed E-state index contributed by atoms with van der Waals surface area (Å²) < 4.78 is 0. The average Bonchev–Trinajstić information content (AvgIpc) is 2.18. The summed E-state index contributed by atoms with van der Waals surface area (Å²) in [5.41, 5.74) is 5.68. The SMILES string of the molecule is CC(C)(CN)C(=O)c1ccc(Cl)cc1. The Morgan fingerprint density at radius 2 is 1.86 bits per heavy atom. The Hall–Kier alpha value is -0.860. The summed E-state index contributed by atoms with van der Waals surface area (Å²) in [6, 6.07) is 6.87. The van der Waals surface area contributed by atoms with Crippen molar-refractivity contribution in [2.75, 3.05) is 6.54 Å². The van der Waals surface area contributed by atoms with E-state index in [1.807, 2.05) is 13.8 Å². The molecule has 0 aromatic heterocycles. The van der Waals surface area contributed by atoms with E-state index in [0.29, 0.717) is 17.1 Å². The van der Waals surface area contributed by atoms with Crippen LogP contribution in [0.2, 0.25) is 5.02 Å². The van der Waals surface area contributed by atoms with Gasteiger partial charge < -0.3 is 5.73 Å². The second-order valence-corrected chi connectivity index (χ2v) is 4.36. The summed E-state index contributed by atoms with van der Waals surface area (Å²) in [5, 5.41) is 0.632. The minimum atomic E-state index is -0.506. The highest BCUT2D eigenvalue weighted by Crippen LogP contribution is 2.21. The number of Topliss-reactive ketones (excluding diaryl/α,β-unsaturated/α-hetero) is 1. The van der Waals surface area contributed by atoms with Gasteiger partial charge in [0, 0.05) is 22.5 Å². The van der Waals surface area contributed by atoms with Crippen LogP contribution in [0.25, 0.3) is 0 Å². The molecule has 0 radical (unpaired) electrons. The minimum absolute atomic E-state index is 0.0525. The van der Waals surface area contributed by atoms with Crippen LogP contribution in [0.1, 0.15) is 24.2 Å². The molecule has 0 unspecified atom stereocenters. The van der Waals surface area contributed by atoms with Gasteiger partial charge >= 0.3 is 0 Å². The molecule has 3 heteroatoms. The lowest BCUT2D eigenvalue weighted by Gasteiger charge is -2.20. The molecule has 2 nitrogen and oxygen atoms in total. The van der Waals surface area contributed by atoms with Crippen molar-refractivity contribution in [1.82, 2.24) is 0 Å². The Morgan fingerprint density at radius 3 is 2.29 bits per heavy atom. The molecule has 0 saturated carbocycles. The molecule has 76 valence electrons. The molecule has 0 saturated heterocycles. The zero-order valence-electron chi connectivity index (χ0n) is 8.38. The highest BCUT2D eigenvalue weighted by atomic mass is 35.5. The normalized spacial score (nSPS) is 11.4. The third-order valence-electron chi connectivity index (χ3n) is 2.23. The first-order valence-corrected chi connectivity index (χ1v) is 4.85. The maximum atomic E-state index is 11.9. The van der Waals surface area contributed by atoms with Crippen LogP contribution in [0.4, 0.5) is 0 Å². The Balaban J connectivity index is 2.96. The number of carbonyl (C=O) groups excluding carboxylic acids is 1. The first-order chi connectivity index (χ1) is 6.47. The van der Waals surface area contributed by atoms with E-state index in [2.05, 4.69) is 0 Å². The third kappa shape index (κ3) is 2.34. The molecule has 0 aliphatic carbocycles. The number of hydrogen-bond acceptors (Lipinski definition) is 2. The fourth-order valence-corrected chi connectivity index (χ4v) is 1.21. The standard InChI is InChI=1S/C11H14ClNO/c1-11(2,7-13)10(14)8-3-5-9(12)6-4-8/h3-6H,7,13H2,1-2H3. The van der Waals surface area contributed by atoms with Crippen molar-refractivity contribution in [2.45, 2.75) is 13.8 Å². The maximum absolute atomic E-state index is 11.9. The van der Waals surface area contributed by atoms with E-state index in [1.54, 1.807) is 24.3 Å². The van der Waals surface area contributed by atoms with Gasteiger partial charge in [0.2, 0.25) is 0 Å². The first-order valence-electron chi connectivity index (χ1n) is 4.48. The molecule has 1 rings (SSSR count). The van der Waals surface area contributed by atoms with Crippen molar-refractivity contribution in [3.05, 3.63) is 34.9 Å². The monoisotopic (exact) mass is 211 g/mol. The van der Waals surface area contributed by atoms with Crippen LogP contribution in [0, 0.1) is 5.41 Å². The van der Waals surface area contributed by atoms with Gasteiger partial charge in [0.15, 0.2) is 5.78 Å². The van der Waals surface area contributed by atoms with Gasteiger partial charge in [0.05, 0.1) is 0 Å².